The van der Waals surface area contributed by atoms with Crippen molar-refractivity contribution in [1.29, 1.82) is 0 Å². The number of esters is 1. The zero-order valence-corrected chi connectivity index (χ0v) is 21.2. The SMILES string of the molecule is CCOC(=O)C1(COC(C=C(N)c2ccccc2)=NC)CC=C(B2OC(C)(C)C(C)(C)O2)CC1. The molecule has 1 unspecified atom stereocenters. The van der Waals surface area contributed by atoms with E-state index < -0.39 is 23.7 Å². The van der Waals surface area contributed by atoms with Crippen LogP contribution in [0.5, 0.6) is 0 Å². The van der Waals surface area contributed by atoms with Crippen molar-refractivity contribution in [2.45, 2.75) is 65.1 Å². The van der Waals surface area contributed by atoms with Crippen molar-refractivity contribution in [2.75, 3.05) is 20.3 Å². The normalized spacial score (nSPS) is 24.5. The van der Waals surface area contributed by atoms with Gasteiger partial charge in [0, 0.05) is 18.8 Å². The predicted octanol–water partition coefficient (Wildman–Crippen LogP) is 4.32. The van der Waals surface area contributed by atoms with Gasteiger partial charge in [0.15, 0.2) is 0 Å². The Bertz CT molecular complexity index is 955. The highest BCUT2D eigenvalue weighted by molar-refractivity contribution is 6.54. The van der Waals surface area contributed by atoms with E-state index in [1.54, 1.807) is 13.1 Å². The molecule has 0 bridgehead atoms. The molecular weight excluding hydrogens is 431 g/mol. The molecule has 7 nitrogen and oxygen atoms in total. The van der Waals surface area contributed by atoms with Gasteiger partial charge >= 0.3 is 13.1 Å². The predicted molar refractivity (Wildman–Crippen MR) is 135 cm³/mol. The Kier molecular flexibility index (Phi) is 7.93. The van der Waals surface area contributed by atoms with E-state index in [9.17, 15) is 4.79 Å². The van der Waals surface area contributed by atoms with Gasteiger partial charge in [-0.25, -0.2) is 0 Å². The third-order valence-corrected chi connectivity index (χ3v) is 7.01. The Morgan fingerprint density at radius 1 is 1.15 bits per heavy atom. The summed E-state index contributed by atoms with van der Waals surface area (Å²) in [4.78, 5) is 17.2. The number of hydrogen-bond donors (Lipinski definition) is 1. The number of benzene rings is 1. The Balaban J connectivity index is 1.74. The van der Waals surface area contributed by atoms with Crippen LogP contribution >= 0.6 is 0 Å². The zero-order chi connectivity index (χ0) is 25.0. The summed E-state index contributed by atoms with van der Waals surface area (Å²) >= 11 is 0. The second kappa shape index (κ2) is 10.4. The lowest BCUT2D eigenvalue weighted by molar-refractivity contribution is -0.158. The maximum atomic E-state index is 13.0. The maximum absolute atomic E-state index is 13.0. The van der Waals surface area contributed by atoms with Crippen LogP contribution in [0.1, 0.15) is 59.4 Å². The fraction of sp³-hybridized carbons (Fsp3) is 0.538. The highest BCUT2D eigenvalue weighted by atomic mass is 16.7. The molecule has 0 spiro atoms. The summed E-state index contributed by atoms with van der Waals surface area (Å²) in [5.74, 6) is 0.0976. The Labute approximate surface area is 203 Å². The number of hydrogen-bond acceptors (Lipinski definition) is 7. The van der Waals surface area contributed by atoms with E-state index in [4.69, 9.17) is 24.5 Å². The molecule has 0 radical (unpaired) electrons. The number of allylic oxidation sites excluding steroid dienone is 2. The van der Waals surface area contributed by atoms with Gasteiger partial charge in [0.25, 0.3) is 0 Å². The zero-order valence-electron chi connectivity index (χ0n) is 21.2. The van der Waals surface area contributed by atoms with Crippen LogP contribution in [0.15, 0.2) is 52.9 Å². The van der Waals surface area contributed by atoms with Crippen molar-refractivity contribution in [3.8, 4) is 0 Å². The summed E-state index contributed by atoms with van der Waals surface area (Å²) in [6, 6.07) is 9.60. The molecule has 1 atom stereocenters. The Morgan fingerprint density at radius 3 is 2.32 bits per heavy atom. The summed E-state index contributed by atoms with van der Waals surface area (Å²) in [5.41, 5.74) is 7.06. The standard InChI is InChI=1S/C26H37BN2O5/c1-7-31-23(30)26(18-32-22(29-6)17-21(28)19-11-9-8-10-12-19)15-13-20(14-16-26)27-33-24(2,3)25(4,5)34-27/h8-13,17H,7,14-16,18,28H2,1-6H3. The van der Waals surface area contributed by atoms with E-state index in [2.05, 4.69) is 4.99 Å². The van der Waals surface area contributed by atoms with E-state index in [-0.39, 0.29) is 12.6 Å². The second-order valence-corrected chi connectivity index (χ2v) is 9.89. The van der Waals surface area contributed by atoms with Crippen LogP contribution < -0.4 is 5.73 Å². The van der Waals surface area contributed by atoms with Gasteiger partial charge in [-0.3, -0.25) is 9.79 Å². The number of carbonyl (C=O) groups excluding carboxylic acids is 1. The summed E-state index contributed by atoms with van der Waals surface area (Å²) in [6.45, 7) is 10.4. The van der Waals surface area contributed by atoms with Gasteiger partial charge in [0.2, 0.25) is 5.90 Å². The van der Waals surface area contributed by atoms with Crippen molar-refractivity contribution in [3.05, 3.63) is 53.5 Å². The molecule has 1 saturated heterocycles. The minimum Gasteiger partial charge on any atom is -0.477 e. The number of carbonyl (C=O) groups is 1. The largest absolute Gasteiger partial charge is 0.490 e. The van der Waals surface area contributed by atoms with Crippen molar-refractivity contribution >= 4 is 24.7 Å². The van der Waals surface area contributed by atoms with Gasteiger partial charge < -0.3 is 24.5 Å². The smallest absolute Gasteiger partial charge is 0.477 e. The Morgan fingerprint density at radius 2 is 1.79 bits per heavy atom. The second-order valence-electron chi connectivity index (χ2n) is 9.89. The highest BCUT2D eigenvalue weighted by Gasteiger charge is 2.53. The molecule has 2 aliphatic rings. The van der Waals surface area contributed by atoms with E-state index in [0.717, 1.165) is 11.0 Å². The van der Waals surface area contributed by atoms with Crippen molar-refractivity contribution < 1.29 is 23.6 Å². The number of nitrogens with two attached hydrogens (primary N) is 1. The molecule has 8 heteroatoms. The van der Waals surface area contributed by atoms with Crippen LogP contribution in [0.3, 0.4) is 0 Å². The molecule has 2 N–H and O–H groups in total. The molecule has 1 aromatic carbocycles. The molecular formula is C26H37BN2O5. The minimum atomic E-state index is -0.811. The Hall–Kier alpha value is -2.58. The van der Waals surface area contributed by atoms with E-state index >= 15 is 0 Å². The first-order valence-electron chi connectivity index (χ1n) is 11.9. The van der Waals surface area contributed by atoms with E-state index in [0.29, 0.717) is 37.5 Å². The third-order valence-electron chi connectivity index (χ3n) is 7.01. The topological polar surface area (TPSA) is 92.4 Å². The summed E-state index contributed by atoms with van der Waals surface area (Å²) in [5, 5.41) is 0. The third kappa shape index (κ3) is 5.55. The van der Waals surface area contributed by atoms with Gasteiger partial charge in [-0.2, -0.15) is 0 Å². The van der Waals surface area contributed by atoms with Crippen LogP contribution in [-0.4, -0.2) is 50.4 Å². The summed E-state index contributed by atoms with van der Waals surface area (Å²) in [7, 11) is 1.23. The lowest BCUT2D eigenvalue weighted by Crippen LogP contribution is -2.41. The van der Waals surface area contributed by atoms with Crippen LogP contribution in [0.2, 0.25) is 0 Å². The fourth-order valence-electron chi connectivity index (χ4n) is 4.01. The van der Waals surface area contributed by atoms with E-state index in [1.165, 1.54) is 0 Å². The van der Waals surface area contributed by atoms with Gasteiger partial charge in [0.05, 0.1) is 17.8 Å². The lowest BCUT2D eigenvalue weighted by atomic mass is 9.66. The molecule has 34 heavy (non-hydrogen) atoms. The first kappa shape index (κ1) is 26.0. The molecule has 3 rings (SSSR count). The summed E-state index contributed by atoms with van der Waals surface area (Å²) < 4.78 is 23.9. The van der Waals surface area contributed by atoms with Crippen LogP contribution in [0.4, 0.5) is 0 Å². The lowest BCUT2D eigenvalue weighted by Gasteiger charge is -2.34. The monoisotopic (exact) mass is 468 g/mol. The molecule has 1 fully saturated rings. The average molecular weight is 468 g/mol. The van der Waals surface area contributed by atoms with Gasteiger partial charge in [-0.15, -0.1) is 0 Å². The molecule has 1 aromatic rings. The average Bonchev–Trinajstić information content (AvgIpc) is 3.04. The van der Waals surface area contributed by atoms with Gasteiger partial charge in [-0.05, 0) is 64.9 Å². The number of nitrogens with zero attached hydrogens (tertiary/aromatic N) is 1. The quantitative estimate of drug-likeness (QED) is 0.277. The highest BCUT2D eigenvalue weighted by Crippen LogP contribution is 2.43. The van der Waals surface area contributed by atoms with Crippen molar-refractivity contribution in [1.82, 2.24) is 0 Å². The van der Waals surface area contributed by atoms with Gasteiger partial charge in [-0.1, -0.05) is 36.4 Å². The van der Waals surface area contributed by atoms with Crippen LogP contribution in [0, 0.1) is 5.41 Å². The number of aliphatic imine (C=N–C) groups is 1. The van der Waals surface area contributed by atoms with E-state index in [1.807, 2.05) is 71.0 Å². The fourth-order valence-corrected chi connectivity index (χ4v) is 4.01. The van der Waals surface area contributed by atoms with Crippen molar-refractivity contribution in [3.63, 3.8) is 0 Å². The first-order chi connectivity index (χ1) is 16.0. The van der Waals surface area contributed by atoms with Crippen LogP contribution in [0.25, 0.3) is 5.70 Å². The number of rotatable bonds is 7. The first-order valence-corrected chi connectivity index (χ1v) is 11.9. The molecule has 0 amide bonds. The molecule has 1 aliphatic heterocycles. The molecule has 0 saturated carbocycles. The maximum Gasteiger partial charge on any atom is 0.490 e. The molecule has 184 valence electrons. The van der Waals surface area contributed by atoms with Crippen molar-refractivity contribution in [2.24, 2.45) is 16.1 Å². The number of ether oxygens (including phenoxy) is 2. The molecule has 1 heterocycles. The molecule has 1 aliphatic carbocycles. The minimum absolute atomic E-state index is 0.143. The van der Waals surface area contributed by atoms with Gasteiger partial charge in [0.1, 0.15) is 12.0 Å². The molecule has 0 aromatic heterocycles. The summed E-state index contributed by atoms with van der Waals surface area (Å²) in [6.07, 6.45) is 5.42. The van der Waals surface area contributed by atoms with Crippen LogP contribution in [-0.2, 0) is 23.6 Å².